The molecule has 0 fully saturated rings. The van der Waals surface area contributed by atoms with Crippen LogP contribution in [0.4, 0.5) is 0 Å². The molecular weight excluding hydrogens is 312 g/mol. The summed E-state index contributed by atoms with van der Waals surface area (Å²) in [4.78, 5) is 4.47. The molecule has 0 aliphatic rings. The quantitative estimate of drug-likeness (QED) is 0.884. The lowest BCUT2D eigenvalue weighted by Gasteiger charge is -2.02. The van der Waals surface area contributed by atoms with Crippen molar-refractivity contribution in [1.29, 1.82) is 0 Å². The molecule has 18 heavy (non-hydrogen) atoms. The zero-order valence-electron chi connectivity index (χ0n) is 10.1. The topological polar surface area (TPSA) is 34.2 Å². The van der Waals surface area contributed by atoms with Crippen molar-refractivity contribution in [2.24, 2.45) is 0 Å². The van der Waals surface area contributed by atoms with Gasteiger partial charge in [0.25, 0.3) is 0 Å². The van der Waals surface area contributed by atoms with Gasteiger partial charge in [-0.25, -0.2) is 4.98 Å². The summed E-state index contributed by atoms with van der Waals surface area (Å²) >= 11 is 5.07. The summed E-state index contributed by atoms with van der Waals surface area (Å²) in [6.45, 7) is 2.00. The predicted molar refractivity (Wildman–Crippen MR) is 77.5 cm³/mol. The van der Waals surface area contributed by atoms with E-state index in [1.807, 2.05) is 24.6 Å². The maximum Gasteiger partial charge on any atom is 0.107 e. The van der Waals surface area contributed by atoms with Crippen LogP contribution in [0.15, 0.2) is 34.1 Å². The molecule has 1 aromatic heterocycles. The Bertz CT molecular complexity index is 484. The molecule has 96 valence electrons. The van der Waals surface area contributed by atoms with Gasteiger partial charge in [-0.05, 0) is 24.7 Å². The lowest BCUT2D eigenvalue weighted by atomic mass is 10.2. The lowest BCUT2D eigenvalue weighted by molar-refractivity contribution is 0.105. The van der Waals surface area contributed by atoms with Crippen LogP contribution in [-0.2, 0) is 24.5 Å². The third-order valence-electron chi connectivity index (χ3n) is 2.36. The molecule has 5 heteroatoms. The van der Waals surface area contributed by atoms with E-state index in [9.17, 15) is 0 Å². The SMILES string of the molecule is CNCc1nc(COCc2ccc(Br)cc2)cs1. The fourth-order valence-corrected chi connectivity index (χ4v) is 2.56. The van der Waals surface area contributed by atoms with Crippen LogP contribution >= 0.6 is 27.3 Å². The monoisotopic (exact) mass is 326 g/mol. The van der Waals surface area contributed by atoms with Gasteiger partial charge in [0.15, 0.2) is 0 Å². The van der Waals surface area contributed by atoms with Crippen molar-refractivity contribution in [3.63, 3.8) is 0 Å². The molecule has 0 bridgehead atoms. The summed E-state index contributed by atoms with van der Waals surface area (Å²) in [5.74, 6) is 0. The van der Waals surface area contributed by atoms with Gasteiger partial charge in [-0.1, -0.05) is 28.1 Å². The van der Waals surface area contributed by atoms with E-state index in [2.05, 4.69) is 38.4 Å². The van der Waals surface area contributed by atoms with Crippen molar-refractivity contribution < 1.29 is 4.74 Å². The zero-order valence-corrected chi connectivity index (χ0v) is 12.6. The highest BCUT2D eigenvalue weighted by atomic mass is 79.9. The highest BCUT2D eigenvalue weighted by molar-refractivity contribution is 9.10. The van der Waals surface area contributed by atoms with Crippen molar-refractivity contribution in [2.75, 3.05) is 7.05 Å². The summed E-state index contributed by atoms with van der Waals surface area (Å²) < 4.78 is 6.73. The van der Waals surface area contributed by atoms with Gasteiger partial charge in [-0.2, -0.15) is 0 Å². The highest BCUT2D eigenvalue weighted by Crippen LogP contribution is 2.13. The number of hydrogen-bond acceptors (Lipinski definition) is 4. The van der Waals surface area contributed by atoms with Gasteiger partial charge in [-0.3, -0.25) is 0 Å². The number of hydrogen-bond donors (Lipinski definition) is 1. The Morgan fingerprint density at radius 2 is 2.06 bits per heavy atom. The molecule has 3 nitrogen and oxygen atoms in total. The van der Waals surface area contributed by atoms with Gasteiger partial charge in [0.05, 0.1) is 18.9 Å². The molecule has 1 aromatic carbocycles. The third-order valence-corrected chi connectivity index (χ3v) is 3.79. The molecule has 0 saturated carbocycles. The summed E-state index contributed by atoms with van der Waals surface area (Å²) in [6.07, 6.45) is 0. The highest BCUT2D eigenvalue weighted by Gasteiger charge is 2.01. The molecule has 0 saturated heterocycles. The lowest BCUT2D eigenvalue weighted by Crippen LogP contribution is -2.04. The third kappa shape index (κ3) is 4.17. The Labute approximate surface area is 119 Å². The average Bonchev–Trinajstić information content (AvgIpc) is 2.80. The molecule has 1 N–H and O–H groups in total. The maximum atomic E-state index is 5.65. The molecule has 0 radical (unpaired) electrons. The molecule has 0 aliphatic carbocycles. The number of benzene rings is 1. The minimum Gasteiger partial charge on any atom is -0.370 e. The number of rotatable bonds is 6. The molecule has 0 atom stereocenters. The van der Waals surface area contributed by atoms with Crippen LogP contribution in [-0.4, -0.2) is 12.0 Å². The molecule has 1 heterocycles. The first kappa shape index (κ1) is 13.7. The summed E-state index contributed by atoms with van der Waals surface area (Å²) in [7, 11) is 1.92. The predicted octanol–water partition coefficient (Wildman–Crippen LogP) is 3.34. The van der Waals surface area contributed by atoms with Crippen LogP contribution in [0.25, 0.3) is 0 Å². The average molecular weight is 327 g/mol. The number of halogens is 1. The Morgan fingerprint density at radius 3 is 2.78 bits per heavy atom. The molecule has 2 rings (SSSR count). The van der Waals surface area contributed by atoms with Crippen molar-refractivity contribution in [3.05, 3.63) is 50.4 Å². The van der Waals surface area contributed by atoms with Crippen molar-refractivity contribution in [3.8, 4) is 0 Å². The van der Waals surface area contributed by atoms with E-state index in [0.717, 1.165) is 21.7 Å². The summed E-state index contributed by atoms with van der Waals surface area (Å²) in [6, 6.07) is 8.15. The second kappa shape index (κ2) is 6.99. The van der Waals surface area contributed by atoms with E-state index in [0.29, 0.717) is 13.2 Å². The van der Waals surface area contributed by atoms with Crippen molar-refractivity contribution >= 4 is 27.3 Å². The maximum absolute atomic E-state index is 5.65. The van der Waals surface area contributed by atoms with Crippen LogP contribution in [0.3, 0.4) is 0 Å². The van der Waals surface area contributed by atoms with Gasteiger partial charge in [0.2, 0.25) is 0 Å². The molecule has 0 spiro atoms. The van der Waals surface area contributed by atoms with Crippen LogP contribution in [0.2, 0.25) is 0 Å². The number of nitrogens with one attached hydrogen (secondary N) is 1. The second-order valence-electron chi connectivity index (χ2n) is 3.88. The van der Waals surface area contributed by atoms with E-state index in [1.165, 1.54) is 5.56 Å². The molecule has 0 unspecified atom stereocenters. The fraction of sp³-hybridized carbons (Fsp3) is 0.308. The minimum absolute atomic E-state index is 0.566. The first-order valence-corrected chi connectivity index (χ1v) is 7.35. The fourth-order valence-electron chi connectivity index (χ4n) is 1.50. The van der Waals surface area contributed by atoms with E-state index in [-0.39, 0.29) is 0 Å². The number of thiazole rings is 1. The molecular formula is C13H15BrN2OS. The first-order chi connectivity index (χ1) is 8.78. The van der Waals surface area contributed by atoms with Gasteiger partial charge < -0.3 is 10.1 Å². The Balaban J connectivity index is 1.79. The Hall–Kier alpha value is -0.750. The normalized spacial score (nSPS) is 10.8. The van der Waals surface area contributed by atoms with E-state index >= 15 is 0 Å². The largest absolute Gasteiger partial charge is 0.370 e. The molecule has 0 amide bonds. The minimum atomic E-state index is 0.566. The second-order valence-corrected chi connectivity index (χ2v) is 5.74. The standard InChI is InChI=1S/C13H15BrN2OS/c1-15-6-13-16-12(9-18-13)8-17-7-10-2-4-11(14)5-3-10/h2-5,9,15H,6-8H2,1H3. The number of aromatic nitrogens is 1. The zero-order chi connectivity index (χ0) is 12.8. The molecule has 0 aliphatic heterocycles. The van der Waals surface area contributed by atoms with Gasteiger partial charge in [0, 0.05) is 16.4 Å². The van der Waals surface area contributed by atoms with Crippen LogP contribution in [0, 0.1) is 0 Å². The van der Waals surface area contributed by atoms with Crippen molar-refractivity contribution in [1.82, 2.24) is 10.3 Å². The summed E-state index contributed by atoms with van der Waals surface area (Å²) in [5, 5.41) is 6.23. The van der Waals surface area contributed by atoms with Crippen molar-refractivity contribution in [2.45, 2.75) is 19.8 Å². The number of ether oxygens (including phenoxy) is 1. The van der Waals surface area contributed by atoms with Gasteiger partial charge in [0.1, 0.15) is 5.01 Å². The van der Waals surface area contributed by atoms with Crippen LogP contribution in [0.1, 0.15) is 16.3 Å². The molecule has 2 aromatic rings. The Morgan fingerprint density at radius 1 is 1.28 bits per heavy atom. The number of nitrogens with zero attached hydrogens (tertiary/aromatic N) is 1. The van der Waals surface area contributed by atoms with E-state index in [1.54, 1.807) is 11.3 Å². The van der Waals surface area contributed by atoms with Gasteiger partial charge in [-0.15, -0.1) is 11.3 Å². The first-order valence-electron chi connectivity index (χ1n) is 5.68. The van der Waals surface area contributed by atoms with Crippen LogP contribution < -0.4 is 5.32 Å². The Kier molecular flexibility index (Phi) is 5.31. The van der Waals surface area contributed by atoms with E-state index in [4.69, 9.17) is 4.74 Å². The van der Waals surface area contributed by atoms with Crippen LogP contribution in [0.5, 0.6) is 0 Å². The smallest absolute Gasteiger partial charge is 0.107 e. The van der Waals surface area contributed by atoms with E-state index < -0.39 is 0 Å². The van der Waals surface area contributed by atoms with Gasteiger partial charge >= 0.3 is 0 Å². The summed E-state index contributed by atoms with van der Waals surface area (Å²) in [5.41, 5.74) is 2.17.